The Morgan fingerprint density at radius 3 is 2.41 bits per heavy atom. The minimum Gasteiger partial charge on any atom is -0.347 e. The number of nitrogens with zero attached hydrogens (tertiary/aromatic N) is 2. The maximum absolute atomic E-state index is 13.6. The topological polar surface area (TPSA) is 73.2 Å². The largest absolute Gasteiger partial charge is 0.347 e. The van der Waals surface area contributed by atoms with Gasteiger partial charge >= 0.3 is 0 Å². The summed E-state index contributed by atoms with van der Waals surface area (Å²) in [5.41, 5.74) is 3.22. The Labute approximate surface area is 201 Å². The van der Waals surface area contributed by atoms with Crippen LogP contribution in [0.3, 0.4) is 0 Å². The molecule has 170 valence electrons. The maximum Gasteiger partial charge on any atom is 0.264 e. The number of amides is 2. The van der Waals surface area contributed by atoms with Gasteiger partial charge in [-0.05, 0) is 54.3 Å². The summed E-state index contributed by atoms with van der Waals surface area (Å²) in [6, 6.07) is 24.6. The van der Waals surface area contributed by atoms with Gasteiger partial charge in [-0.25, -0.2) is 4.39 Å². The third-order valence-electron chi connectivity index (χ3n) is 5.55. The number of carbonyl (C=O) groups is 2. The lowest BCUT2D eigenvalue weighted by molar-refractivity contribution is -0.117. The van der Waals surface area contributed by atoms with E-state index in [1.807, 2.05) is 67.6 Å². The highest BCUT2D eigenvalue weighted by molar-refractivity contribution is 8.05. The van der Waals surface area contributed by atoms with Crippen LogP contribution < -0.4 is 10.2 Å². The van der Waals surface area contributed by atoms with Gasteiger partial charge in [-0.1, -0.05) is 66.4 Å². The van der Waals surface area contributed by atoms with Crippen molar-refractivity contribution in [2.75, 3.05) is 4.90 Å². The molecule has 3 aromatic carbocycles. The van der Waals surface area contributed by atoms with Gasteiger partial charge < -0.3 is 5.32 Å². The lowest BCUT2D eigenvalue weighted by Crippen LogP contribution is -2.32. The van der Waals surface area contributed by atoms with Crippen LogP contribution in [0.5, 0.6) is 0 Å². The fourth-order valence-electron chi connectivity index (χ4n) is 3.72. The minimum absolute atomic E-state index is 0.147. The molecule has 0 aliphatic carbocycles. The van der Waals surface area contributed by atoms with Gasteiger partial charge in [-0.2, -0.15) is 5.26 Å². The van der Waals surface area contributed by atoms with E-state index in [1.165, 1.54) is 40.9 Å². The van der Waals surface area contributed by atoms with E-state index < -0.39 is 17.0 Å². The Morgan fingerprint density at radius 2 is 1.74 bits per heavy atom. The molecule has 1 atom stereocenters. The normalized spacial score (nSPS) is 16.8. The molecule has 1 fully saturated rings. The Balaban J connectivity index is 1.68. The molecule has 7 heteroatoms. The number of anilines is 1. The summed E-state index contributed by atoms with van der Waals surface area (Å²) >= 11 is 1.19. The fourth-order valence-corrected chi connectivity index (χ4v) is 5.01. The highest BCUT2D eigenvalue weighted by Gasteiger charge is 2.41. The number of benzene rings is 3. The van der Waals surface area contributed by atoms with E-state index in [-0.39, 0.29) is 23.1 Å². The van der Waals surface area contributed by atoms with E-state index in [1.54, 1.807) is 0 Å². The van der Waals surface area contributed by atoms with Crippen LogP contribution in [0.1, 0.15) is 16.7 Å². The Bertz CT molecular complexity index is 1280. The quantitative estimate of drug-likeness (QED) is 0.411. The van der Waals surface area contributed by atoms with E-state index in [9.17, 15) is 19.2 Å². The van der Waals surface area contributed by atoms with Crippen molar-refractivity contribution in [3.05, 3.63) is 112 Å². The number of thioether (sulfide) groups is 1. The number of carbonyl (C=O) groups excluding carboxylic acids is 2. The molecule has 1 N–H and O–H groups in total. The van der Waals surface area contributed by atoms with E-state index in [2.05, 4.69) is 5.32 Å². The molecule has 1 aliphatic rings. The van der Waals surface area contributed by atoms with E-state index >= 15 is 0 Å². The van der Waals surface area contributed by atoms with Crippen molar-refractivity contribution in [1.82, 2.24) is 5.32 Å². The van der Waals surface area contributed by atoms with E-state index in [0.29, 0.717) is 12.1 Å². The third kappa shape index (κ3) is 5.03. The average molecular weight is 472 g/mol. The second-order valence-corrected chi connectivity index (χ2v) is 9.04. The molecule has 3 aromatic rings. The molecule has 0 saturated carbocycles. The molecule has 0 spiro atoms. The van der Waals surface area contributed by atoms with Crippen molar-refractivity contribution in [2.45, 2.75) is 25.1 Å². The lowest BCUT2D eigenvalue weighted by Gasteiger charge is -2.18. The Morgan fingerprint density at radius 1 is 1.06 bits per heavy atom. The summed E-state index contributed by atoms with van der Waals surface area (Å²) in [7, 11) is 0. The maximum atomic E-state index is 13.6. The van der Waals surface area contributed by atoms with Gasteiger partial charge in [0.05, 0.1) is 5.25 Å². The van der Waals surface area contributed by atoms with Crippen molar-refractivity contribution in [3.63, 3.8) is 0 Å². The first-order valence-electron chi connectivity index (χ1n) is 10.7. The predicted octanol–water partition coefficient (Wildman–Crippen LogP) is 4.88. The zero-order valence-corrected chi connectivity index (χ0v) is 19.3. The third-order valence-corrected chi connectivity index (χ3v) is 6.82. The smallest absolute Gasteiger partial charge is 0.264 e. The predicted molar refractivity (Wildman–Crippen MR) is 131 cm³/mol. The molecule has 1 aliphatic heterocycles. The fraction of sp³-hybridized carbons (Fsp3) is 0.148. The lowest BCUT2D eigenvalue weighted by atomic mass is 10.0. The van der Waals surface area contributed by atoms with Crippen LogP contribution in [0.4, 0.5) is 10.1 Å². The minimum atomic E-state index is -0.565. The molecule has 0 radical (unpaired) electrons. The number of hydrogen-bond acceptors (Lipinski definition) is 4. The van der Waals surface area contributed by atoms with Crippen LogP contribution in [0.15, 0.2) is 89.5 Å². The van der Waals surface area contributed by atoms with E-state index in [0.717, 1.165) is 16.7 Å². The first-order chi connectivity index (χ1) is 16.5. The molecule has 4 rings (SSSR count). The van der Waals surface area contributed by atoms with Crippen molar-refractivity contribution in [1.29, 1.82) is 5.26 Å². The molecule has 0 aromatic heterocycles. The summed E-state index contributed by atoms with van der Waals surface area (Å²) in [5, 5.41) is 12.4. The molecular weight excluding hydrogens is 449 g/mol. The van der Waals surface area contributed by atoms with Crippen LogP contribution >= 0.6 is 11.8 Å². The second kappa shape index (κ2) is 10.4. The zero-order valence-electron chi connectivity index (χ0n) is 18.5. The number of nitrogens with one attached hydrogen (secondary N) is 1. The van der Waals surface area contributed by atoms with Crippen LogP contribution in [0.2, 0.25) is 0 Å². The summed E-state index contributed by atoms with van der Waals surface area (Å²) < 4.78 is 13.6. The van der Waals surface area contributed by atoms with Crippen LogP contribution in [-0.4, -0.2) is 17.1 Å². The highest BCUT2D eigenvalue weighted by Crippen LogP contribution is 2.42. The van der Waals surface area contributed by atoms with Crippen molar-refractivity contribution in [3.8, 4) is 6.07 Å². The van der Waals surface area contributed by atoms with Gasteiger partial charge in [0.25, 0.3) is 5.91 Å². The molecule has 1 unspecified atom stereocenters. The molecule has 34 heavy (non-hydrogen) atoms. The standard InChI is InChI=1S/C27H22FN3O2S/c1-18-7-5-6-10-20(18)15-24-26(33)31(22-13-11-21(28)12-14-22)27(34-24)23(16-29)25(32)30-17-19-8-3-2-4-9-19/h2-14,24H,15,17H2,1H3,(H,30,32). The first kappa shape index (κ1) is 23.3. The van der Waals surface area contributed by atoms with E-state index in [4.69, 9.17) is 0 Å². The highest BCUT2D eigenvalue weighted by atomic mass is 32.2. The van der Waals surface area contributed by atoms with Crippen LogP contribution in [0.25, 0.3) is 0 Å². The molecule has 2 amide bonds. The van der Waals surface area contributed by atoms with Gasteiger partial charge in [0, 0.05) is 12.2 Å². The SMILES string of the molecule is Cc1ccccc1CC1SC(=C(C#N)C(=O)NCc2ccccc2)N(c2ccc(F)cc2)C1=O. The summed E-state index contributed by atoms with van der Waals surface area (Å²) in [6.07, 6.45) is 0.446. The van der Waals surface area contributed by atoms with Gasteiger partial charge in [0.1, 0.15) is 22.5 Å². The molecule has 1 saturated heterocycles. The summed E-state index contributed by atoms with van der Waals surface area (Å²) in [5.74, 6) is -1.25. The van der Waals surface area contributed by atoms with Crippen molar-refractivity contribution < 1.29 is 14.0 Å². The van der Waals surface area contributed by atoms with Gasteiger partial charge in [-0.3, -0.25) is 14.5 Å². The second-order valence-electron chi connectivity index (χ2n) is 7.85. The van der Waals surface area contributed by atoms with Gasteiger partial charge in [0.15, 0.2) is 0 Å². The number of aryl methyl sites for hydroxylation is 1. The number of rotatable bonds is 6. The molecule has 0 bridgehead atoms. The van der Waals surface area contributed by atoms with Crippen LogP contribution in [-0.2, 0) is 22.6 Å². The Kier molecular flexibility index (Phi) is 7.09. The molecule has 1 heterocycles. The Hall–Kier alpha value is -3.89. The van der Waals surface area contributed by atoms with Crippen LogP contribution in [0, 0.1) is 24.1 Å². The van der Waals surface area contributed by atoms with Crippen molar-refractivity contribution >= 4 is 29.3 Å². The van der Waals surface area contributed by atoms with Gasteiger partial charge in [0.2, 0.25) is 5.91 Å². The number of halogens is 1. The first-order valence-corrected chi connectivity index (χ1v) is 11.6. The average Bonchev–Trinajstić information content (AvgIpc) is 3.16. The summed E-state index contributed by atoms with van der Waals surface area (Å²) in [6.45, 7) is 2.23. The summed E-state index contributed by atoms with van der Waals surface area (Å²) in [4.78, 5) is 27.8. The van der Waals surface area contributed by atoms with Crippen molar-refractivity contribution in [2.24, 2.45) is 0 Å². The monoisotopic (exact) mass is 471 g/mol. The van der Waals surface area contributed by atoms with Gasteiger partial charge in [-0.15, -0.1) is 0 Å². The zero-order chi connectivity index (χ0) is 24.1. The number of nitriles is 1. The molecular formula is C27H22FN3O2S. The number of hydrogen-bond donors (Lipinski definition) is 1. The molecule has 5 nitrogen and oxygen atoms in total.